The largest absolute Gasteiger partial charge is 0.302 e. The fourth-order valence-corrected chi connectivity index (χ4v) is 3.57. The van der Waals surface area contributed by atoms with E-state index < -0.39 is 0 Å². The summed E-state index contributed by atoms with van der Waals surface area (Å²) in [7, 11) is 2.17. The molecule has 3 nitrogen and oxygen atoms in total. The van der Waals surface area contributed by atoms with Gasteiger partial charge in [-0.1, -0.05) is 12.1 Å². The first kappa shape index (κ1) is 17.1. The molecule has 1 saturated heterocycles. The Morgan fingerprint density at radius 3 is 3.00 bits per heavy atom. The topological polar surface area (TPSA) is 19.4 Å². The van der Waals surface area contributed by atoms with Crippen LogP contribution >= 0.6 is 0 Å². The maximum atomic E-state index is 13.4. The van der Waals surface area contributed by atoms with Gasteiger partial charge in [-0.05, 0) is 67.7 Å². The minimum atomic E-state index is -0.137. The standard InChI is InChI=1S/C20H26FN3/c1-16-5-6-20(21)10-19(16)15-24-9-7-18(14-24)13-23(2)12-17-4-3-8-22-11-17/h3-6,8,10-11,18H,7,9,12-15H2,1-2H3. The number of benzene rings is 1. The lowest BCUT2D eigenvalue weighted by molar-refractivity contribution is 0.254. The molecule has 1 unspecified atom stereocenters. The van der Waals surface area contributed by atoms with Gasteiger partial charge in [0.15, 0.2) is 0 Å². The SMILES string of the molecule is Cc1ccc(F)cc1CN1CCC(CN(C)Cc2cccnc2)C1. The average molecular weight is 327 g/mol. The summed E-state index contributed by atoms with van der Waals surface area (Å²) in [6.45, 7) is 7.13. The van der Waals surface area contributed by atoms with Crippen LogP contribution in [0.5, 0.6) is 0 Å². The molecule has 24 heavy (non-hydrogen) atoms. The average Bonchev–Trinajstić information content (AvgIpc) is 2.99. The second kappa shape index (κ2) is 7.86. The van der Waals surface area contributed by atoms with E-state index in [-0.39, 0.29) is 5.82 Å². The molecule has 1 aliphatic heterocycles. The highest BCUT2D eigenvalue weighted by molar-refractivity contribution is 5.26. The molecule has 0 spiro atoms. The van der Waals surface area contributed by atoms with Crippen molar-refractivity contribution in [1.82, 2.24) is 14.8 Å². The monoisotopic (exact) mass is 327 g/mol. The quantitative estimate of drug-likeness (QED) is 0.810. The van der Waals surface area contributed by atoms with E-state index in [1.165, 1.54) is 17.5 Å². The van der Waals surface area contributed by atoms with Gasteiger partial charge in [0, 0.05) is 38.6 Å². The molecular formula is C20H26FN3. The maximum Gasteiger partial charge on any atom is 0.123 e. The molecule has 0 aliphatic carbocycles. The molecule has 1 fully saturated rings. The molecule has 2 heterocycles. The summed E-state index contributed by atoms with van der Waals surface area (Å²) in [6.07, 6.45) is 4.96. The summed E-state index contributed by atoms with van der Waals surface area (Å²) < 4.78 is 13.4. The molecule has 0 N–H and O–H groups in total. The first-order chi connectivity index (χ1) is 11.6. The number of hydrogen-bond donors (Lipinski definition) is 0. The molecule has 1 aromatic heterocycles. The summed E-state index contributed by atoms with van der Waals surface area (Å²) in [5.41, 5.74) is 3.54. The number of hydrogen-bond acceptors (Lipinski definition) is 3. The van der Waals surface area contributed by atoms with Crippen molar-refractivity contribution in [1.29, 1.82) is 0 Å². The van der Waals surface area contributed by atoms with E-state index in [9.17, 15) is 4.39 Å². The van der Waals surface area contributed by atoms with Crippen molar-refractivity contribution >= 4 is 0 Å². The molecule has 0 amide bonds. The van der Waals surface area contributed by atoms with Gasteiger partial charge in [0.05, 0.1) is 0 Å². The third kappa shape index (κ3) is 4.62. The summed E-state index contributed by atoms with van der Waals surface area (Å²) >= 11 is 0. The summed E-state index contributed by atoms with van der Waals surface area (Å²) in [6, 6.07) is 9.20. The molecule has 128 valence electrons. The number of nitrogens with zero attached hydrogens (tertiary/aromatic N) is 3. The summed E-state index contributed by atoms with van der Waals surface area (Å²) in [5.74, 6) is 0.545. The Kier molecular flexibility index (Phi) is 5.59. The first-order valence-electron chi connectivity index (χ1n) is 8.65. The lowest BCUT2D eigenvalue weighted by Crippen LogP contribution is -2.28. The summed E-state index contributed by atoms with van der Waals surface area (Å²) in [4.78, 5) is 9.00. The van der Waals surface area contributed by atoms with Crippen LogP contribution in [0.3, 0.4) is 0 Å². The van der Waals surface area contributed by atoms with Crippen LogP contribution in [0.4, 0.5) is 4.39 Å². The molecule has 4 heteroatoms. The van der Waals surface area contributed by atoms with Gasteiger partial charge < -0.3 is 4.90 Å². The van der Waals surface area contributed by atoms with Gasteiger partial charge in [0.1, 0.15) is 5.82 Å². The second-order valence-electron chi connectivity index (χ2n) is 7.02. The van der Waals surface area contributed by atoms with Crippen LogP contribution in [0.2, 0.25) is 0 Å². The normalized spacial score (nSPS) is 18.4. The Labute approximate surface area is 144 Å². The van der Waals surface area contributed by atoms with Crippen molar-refractivity contribution in [3.8, 4) is 0 Å². The van der Waals surface area contributed by atoms with Crippen molar-refractivity contribution in [3.05, 3.63) is 65.2 Å². The molecule has 3 rings (SSSR count). The van der Waals surface area contributed by atoms with Crippen LogP contribution in [-0.4, -0.2) is 41.5 Å². The van der Waals surface area contributed by atoms with Gasteiger partial charge in [-0.25, -0.2) is 4.39 Å². The zero-order valence-corrected chi connectivity index (χ0v) is 14.6. The predicted octanol–water partition coefficient (Wildman–Crippen LogP) is 3.48. The van der Waals surface area contributed by atoms with Gasteiger partial charge in [0.25, 0.3) is 0 Å². The summed E-state index contributed by atoms with van der Waals surface area (Å²) in [5, 5.41) is 0. The van der Waals surface area contributed by atoms with E-state index in [0.717, 1.165) is 38.3 Å². The third-order valence-corrected chi connectivity index (χ3v) is 4.82. The van der Waals surface area contributed by atoms with E-state index in [1.807, 2.05) is 24.5 Å². The van der Waals surface area contributed by atoms with E-state index in [0.29, 0.717) is 5.92 Å². The molecule has 1 atom stereocenters. The van der Waals surface area contributed by atoms with Gasteiger partial charge in [-0.3, -0.25) is 9.88 Å². The fraction of sp³-hybridized carbons (Fsp3) is 0.450. The van der Waals surface area contributed by atoms with Gasteiger partial charge in [-0.15, -0.1) is 0 Å². The van der Waals surface area contributed by atoms with E-state index in [4.69, 9.17) is 0 Å². The molecule has 2 aromatic rings. The fourth-order valence-electron chi connectivity index (χ4n) is 3.57. The molecule has 1 aliphatic rings. The van der Waals surface area contributed by atoms with E-state index in [1.54, 1.807) is 12.1 Å². The molecular weight excluding hydrogens is 301 g/mol. The predicted molar refractivity (Wildman–Crippen MR) is 95.1 cm³/mol. The zero-order chi connectivity index (χ0) is 16.9. The number of likely N-dealkylation sites (tertiary alicyclic amines) is 1. The molecule has 0 saturated carbocycles. The van der Waals surface area contributed by atoms with Crippen molar-refractivity contribution < 1.29 is 4.39 Å². The van der Waals surface area contributed by atoms with Crippen LogP contribution < -0.4 is 0 Å². The van der Waals surface area contributed by atoms with Crippen molar-refractivity contribution in [3.63, 3.8) is 0 Å². The van der Waals surface area contributed by atoms with Crippen molar-refractivity contribution in [2.75, 3.05) is 26.7 Å². The lowest BCUT2D eigenvalue weighted by Gasteiger charge is -2.22. The first-order valence-corrected chi connectivity index (χ1v) is 8.65. The zero-order valence-electron chi connectivity index (χ0n) is 14.6. The molecule has 1 aromatic carbocycles. The molecule has 0 bridgehead atoms. The minimum Gasteiger partial charge on any atom is -0.302 e. The van der Waals surface area contributed by atoms with Gasteiger partial charge in [0.2, 0.25) is 0 Å². The number of halogens is 1. The van der Waals surface area contributed by atoms with Gasteiger partial charge in [-0.2, -0.15) is 0 Å². The smallest absolute Gasteiger partial charge is 0.123 e. The Morgan fingerprint density at radius 2 is 2.21 bits per heavy atom. The number of aryl methyl sites for hydroxylation is 1. The van der Waals surface area contributed by atoms with Crippen LogP contribution in [0.1, 0.15) is 23.1 Å². The molecule has 0 radical (unpaired) electrons. The third-order valence-electron chi connectivity index (χ3n) is 4.82. The van der Waals surface area contributed by atoms with Crippen LogP contribution in [0.25, 0.3) is 0 Å². The van der Waals surface area contributed by atoms with Crippen molar-refractivity contribution in [2.45, 2.75) is 26.4 Å². The van der Waals surface area contributed by atoms with Crippen molar-refractivity contribution in [2.24, 2.45) is 5.92 Å². The Bertz CT molecular complexity index is 659. The Balaban J connectivity index is 1.49. The highest BCUT2D eigenvalue weighted by Crippen LogP contribution is 2.21. The van der Waals surface area contributed by atoms with E-state index >= 15 is 0 Å². The van der Waals surface area contributed by atoms with E-state index in [2.05, 4.69) is 34.8 Å². The number of rotatable bonds is 6. The highest BCUT2D eigenvalue weighted by atomic mass is 19.1. The number of aromatic nitrogens is 1. The Morgan fingerprint density at radius 1 is 1.33 bits per heavy atom. The van der Waals surface area contributed by atoms with Crippen LogP contribution in [0.15, 0.2) is 42.7 Å². The minimum absolute atomic E-state index is 0.137. The second-order valence-corrected chi connectivity index (χ2v) is 7.02. The highest BCUT2D eigenvalue weighted by Gasteiger charge is 2.24. The Hall–Kier alpha value is -1.78. The number of pyridine rings is 1. The van der Waals surface area contributed by atoms with Gasteiger partial charge >= 0.3 is 0 Å². The van der Waals surface area contributed by atoms with Crippen LogP contribution in [-0.2, 0) is 13.1 Å². The lowest BCUT2D eigenvalue weighted by atomic mass is 10.1. The maximum absolute atomic E-state index is 13.4. The van der Waals surface area contributed by atoms with Crippen LogP contribution in [0, 0.1) is 18.7 Å².